The number of nitrogens with two attached hydrogens (primary N) is 2. The average molecular weight is 959 g/mol. The molecular weight excluding hydrogens is 893 g/mol. The molecule has 13 N–H and O–H groups in total. The smallest absolute Gasteiger partial charge is 0.303 e. The minimum atomic E-state index is -1.62. The molecular formula is C40H66N10O13S2. The summed E-state index contributed by atoms with van der Waals surface area (Å²) in [6.45, 7) is 4.33. The predicted molar refractivity (Wildman–Crippen MR) is 238 cm³/mol. The number of carbonyl (C=O) groups is 10. The minimum Gasteiger partial charge on any atom is -0.481 e. The number of aldehydes is 1. The number of unbranched alkanes of at least 4 members (excludes halogenated alkanes) is 1. The fraction of sp³-hybridized carbons (Fsp3) is 0.750. The zero-order valence-corrected chi connectivity index (χ0v) is 38.7. The number of carbonyl (C=O) groups excluding carboxylic acids is 9. The van der Waals surface area contributed by atoms with Crippen LogP contribution in [0.15, 0.2) is 0 Å². The van der Waals surface area contributed by atoms with Gasteiger partial charge in [0.2, 0.25) is 47.3 Å². The number of amides is 8. The van der Waals surface area contributed by atoms with Crippen molar-refractivity contribution in [3.8, 4) is 0 Å². The monoisotopic (exact) mass is 958 g/mol. The molecule has 3 saturated heterocycles. The standard InChI is InChI=1S/C40H66N10O13S2/c1-4-21(2)31-40(63)50-16-8-11-29(50)39(62)49-15-7-10-28(49)37(60)44-26(12-13-30(54)55)34(57)43-23(17-51)19-64-65-20-24(42)33(56)48-32(22(3)53)38(61)45-25(9-5-6-14-41)35(58)46-27(18-52)36(59)47-31/h17,21-29,31-32,52-53H,4-16,18-20,41-42H2,1-3H3,(H,43,57)(H,44,60)(H,45,61)(H,46,58)(H,47,59)(H,48,56)(H,54,55)/t21-,22+,23+,24-,25-,26-,27-,28-,29-,31-,32-/m0/s1. The van der Waals surface area contributed by atoms with Gasteiger partial charge in [0, 0.05) is 31.0 Å². The molecule has 65 heavy (non-hydrogen) atoms. The van der Waals surface area contributed by atoms with Crippen molar-refractivity contribution in [3.05, 3.63) is 0 Å². The zero-order valence-electron chi connectivity index (χ0n) is 37.0. The van der Waals surface area contributed by atoms with E-state index in [-0.39, 0.29) is 56.8 Å². The summed E-state index contributed by atoms with van der Waals surface area (Å²) in [5.74, 6) is -8.27. The normalized spacial score (nSPS) is 29.9. The van der Waals surface area contributed by atoms with E-state index in [1.165, 1.54) is 16.7 Å². The molecule has 0 saturated carbocycles. The number of hydrogen-bond donors (Lipinski definition) is 11. The number of aliphatic hydroxyl groups is 2. The van der Waals surface area contributed by atoms with Crippen LogP contribution in [-0.2, 0) is 47.9 Å². The van der Waals surface area contributed by atoms with Crippen LogP contribution in [0.1, 0.15) is 85.0 Å². The fourth-order valence-corrected chi connectivity index (χ4v) is 9.83. The lowest BCUT2D eigenvalue weighted by atomic mass is 9.96. The Bertz CT molecular complexity index is 1710. The molecule has 0 aromatic heterocycles. The first-order valence-corrected chi connectivity index (χ1v) is 24.5. The molecule has 0 bridgehead atoms. The Hall–Kier alpha value is -4.56. The van der Waals surface area contributed by atoms with Gasteiger partial charge in [0.15, 0.2) is 0 Å². The number of carboxylic acids is 1. The highest BCUT2D eigenvalue weighted by molar-refractivity contribution is 8.76. The summed E-state index contributed by atoms with van der Waals surface area (Å²) in [5, 5.41) is 45.3. The molecule has 8 amide bonds. The van der Waals surface area contributed by atoms with Crippen LogP contribution in [0.2, 0.25) is 0 Å². The van der Waals surface area contributed by atoms with Crippen LogP contribution in [0, 0.1) is 5.92 Å². The molecule has 3 fully saturated rings. The third-order valence-corrected chi connectivity index (χ3v) is 14.1. The summed E-state index contributed by atoms with van der Waals surface area (Å²) in [4.78, 5) is 136. The van der Waals surface area contributed by atoms with E-state index in [2.05, 4.69) is 31.9 Å². The topological polar surface area (TPSA) is 362 Å². The Morgan fingerprint density at radius 3 is 1.89 bits per heavy atom. The van der Waals surface area contributed by atoms with E-state index in [0.29, 0.717) is 38.4 Å². The molecule has 3 heterocycles. The SMILES string of the molecule is CC[C@H](C)[C@@H]1NC(=O)[C@H](CO)NC(=O)[C@H](CCCCN)NC(=O)[C@H]([C@@H](C)O)NC(=O)[C@@H](N)CSSC[C@@H](C=O)NC(=O)[C@H](CCC(=O)O)NC(=O)[C@@H]2CCCN2C(=O)[C@@H]2CCCN2C1=O. The maximum absolute atomic E-state index is 14.4. The van der Waals surface area contributed by atoms with Gasteiger partial charge in [-0.1, -0.05) is 41.9 Å². The molecule has 3 aliphatic heterocycles. The molecule has 0 unspecified atom stereocenters. The van der Waals surface area contributed by atoms with Crippen LogP contribution < -0.4 is 43.4 Å². The largest absolute Gasteiger partial charge is 0.481 e. The van der Waals surface area contributed by atoms with Gasteiger partial charge in [0.1, 0.15) is 48.6 Å². The highest BCUT2D eigenvalue weighted by Gasteiger charge is 2.45. The predicted octanol–water partition coefficient (Wildman–Crippen LogP) is -3.79. The quantitative estimate of drug-likeness (QED) is 0.0508. The second-order valence-corrected chi connectivity index (χ2v) is 19.0. The van der Waals surface area contributed by atoms with E-state index >= 15 is 0 Å². The van der Waals surface area contributed by atoms with Crippen LogP contribution in [0.4, 0.5) is 0 Å². The summed E-state index contributed by atoms with van der Waals surface area (Å²) < 4.78 is 0. The Morgan fingerprint density at radius 2 is 1.29 bits per heavy atom. The molecule has 3 aliphatic rings. The van der Waals surface area contributed by atoms with E-state index in [1.54, 1.807) is 13.8 Å². The first-order chi connectivity index (χ1) is 30.9. The van der Waals surface area contributed by atoms with E-state index in [4.69, 9.17) is 11.5 Å². The maximum Gasteiger partial charge on any atom is 0.303 e. The third kappa shape index (κ3) is 16.1. The molecule has 25 heteroatoms. The van der Waals surface area contributed by atoms with Gasteiger partial charge in [-0.25, -0.2) is 0 Å². The van der Waals surface area contributed by atoms with Gasteiger partial charge in [-0.05, 0) is 70.8 Å². The molecule has 366 valence electrons. The lowest BCUT2D eigenvalue weighted by Gasteiger charge is -2.35. The Balaban J connectivity index is 2.01. The van der Waals surface area contributed by atoms with Gasteiger partial charge in [-0.15, -0.1) is 0 Å². The van der Waals surface area contributed by atoms with E-state index < -0.39 is 133 Å². The van der Waals surface area contributed by atoms with Crippen molar-refractivity contribution in [3.63, 3.8) is 0 Å². The first kappa shape index (κ1) is 54.8. The molecule has 11 atom stereocenters. The molecule has 0 aromatic rings. The van der Waals surface area contributed by atoms with Crippen LogP contribution in [0.3, 0.4) is 0 Å². The van der Waals surface area contributed by atoms with Gasteiger partial charge < -0.3 is 73.3 Å². The van der Waals surface area contributed by atoms with Gasteiger partial charge >= 0.3 is 5.97 Å². The molecule has 0 aromatic carbocycles. The molecule has 0 aliphatic carbocycles. The molecule has 0 radical (unpaired) electrons. The minimum absolute atomic E-state index is 0.00547. The summed E-state index contributed by atoms with van der Waals surface area (Å²) in [5.41, 5.74) is 11.7. The Kier molecular flexibility index (Phi) is 22.9. The summed E-state index contributed by atoms with van der Waals surface area (Å²) >= 11 is 0. The highest BCUT2D eigenvalue weighted by atomic mass is 33.1. The van der Waals surface area contributed by atoms with Crippen molar-refractivity contribution in [1.82, 2.24) is 41.7 Å². The summed E-state index contributed by atoms with van der Waals surface area (Å²) in [6.07, 6.45) is 0.520. The average Bonchev–Trinajstić information content (AvgIpc) is 3.98. The lowest BCUT2D eigenvalue weighted by molar-refractivity contribution is -0.149. The van der Waals surface area contributed by atoms with Gasteiger partial charge in [-0.2, -0.15) is 0 Å². The van der Waals surface area contributed by atoms with E-state index in [9.17, 15) is 63.3 Å². The van der Waals surface area contributed by atoms with Crippen LogP contribution in [-0.4, -0.2) is 183 Å². The number of aliphatic carboxylic acids is 1. The first-order valence-electron chi connectivity index (χ1n) is 22.0. The Labute approximate surface area is 385 Å². The van der Waals surface area contributed by atoms with Crippen LogP contribution in [0.5, 0.6) is 0 Å². The lowest BCUT2D eigenvalue weighted by Crippen LogP contribution is -2.62. The van der Waals surface area contributed by atoms with Gasteiger partial charge in [0.25, 0.3) is 0 Å². The number of hydrogen-bond acceptors (Lipinski definition) is 16. The van der Waals surface area contributed by atoms with Gasteiger partial charge in [-0.3, -0.25) is 43.2 Å². The van der Waals surface area contributed by atoms with Crippen molar-refractivity contribution in [2.45, 2.75) is 145 Å². The van der Waals surface area contributed by atoms with Crippen molar-refractivity contribution < 1.29 is 63.3 Å². The van der Waals surface area contributed by atoms with Crippen molar-refractivity contribution in [1.29, 1.82) is 0 Å². The van der Waals surface area contributed by atoms with E-state index in [1.807, 2.05) is 0 Å². The Morgan fingerprint density at radius 1 is 0.738 bits per heavy atom. The van der Waals surface area contributed by atoms with Crippen molar-refractivity contribution in [2.75, 3.05) is 37.7 Å². The van der Waals surface area contributed by atoms with Crippen molar-refractivity contribution >= 4 is 81.1 Å². The molecule has 0 spiro atoms. The number of nitrogens with one attached hydrogen (secondary N) is 6. The number of fused-ring (bicyclic) bond motifs is 2. The summed E-state index contributed by atoms with van der Waals surface area (Å²) in [6, 6.07) is -11.7. The van der Waals surface area contributed by atoms with Crippen molar-refractivity contribution in [2.24, 2.45) is 17.4 Å². The number of aliphatic hydroxyl groups excluding tert-OH is 2. The number of nitrogens with zero attached hydrogens (tertiary/aromatic N) is 2. The molecule has 23 nitrogen and oxygen atoms in total. The third-order valence-electron chi connectivity index (χ3n) is 11.6. The number of carboxylic acid groups (broad SMARTS) is 1. The number of rotatable bonds is 12. The van der Waals surface area contributed by atoms with E-state index in [0.717, 1.165) is 21.6 Å². The second kappa shape index (κ2) is 27.2. The van der Waals surface area contributed by atoms with Gasteiger partial charge in [0.05, 0.1) is 24.8 Å². The maximum atomic E-state index is 14.4. The summed E-state index contributed by atoms with van der Waals surface area (Å²) in [7, 11) is 2.10. The zero-order chi connectivity index (χ0) is 48.4. The fourth-order valence-electron chi connectivity index (χ4n) is 7.57. The molecule has 3 rings (SSSR count). The van der Waals surface area contributed by atoms with Crippen LogP contribution in [0.25, 0.3) is 0 Å². The highest BCUT2D eigenvalue weighted by Crippen LogP contribution is 2.27. The second-order valence-electron chi connectivity index (χ2n) is 16.5. The van der Waals surface area contributed by atoms with Crippen LogP contribution >= 0.6 is 21.6 Å².